The average Bonchev–Trinajstić information content (AvgIpc) is 2.40. The Kier molecular flexibility index (Phi) is 7.35. The number of hydrogen-bond acceptors (Lipinski definition) is 4. The van der Waals surface area contributed by atoms with Crippen molar-refractivity contribution in [2.24, 2.45) is 0 Å². The SMILES string of the molecule is Cl.O=C(O)c1ccccc1O.O=C(O)c1ccccc1O. The molecule has 6 nitrogen and oxygen atoms in total. The Labute approximate surface area is 126 Å². The maximum absolute atomic E-state index is 10.3. The predicted molar refractivity (Wildman–Crippen MR) is 77.4 cm³/mol. The molecule has 0 spiro atoms. The summed E-state index contributed by atoms with van der Waals surface area (Å²) in [7, 11) is 0. The van der Waals surface area contributed by atoms with Gasteiger partial charge in [0.1, 0.15) is 22.6 Å². The molecule has 0 saturated carbocycles. The van der Waals surface area contributed by atoms with Crippen LogP contribution in [0.1, 0.15) is 20.7 Å². The Morgan fingerprint density at radius 3 is 1.14 bits per heavy atom. The summed E-state index contributed by atoms with van der Waals surface area (Å²) in [6.45, 7) is 0. The first kappa shape index (κ1) is 18.3. The van der Waals surface area contributed by atoms with E-state index in [0.29, 0.717) is 0 Å². The number of halogens is 1. The zero-order chi connectivity index (χ0) is 15.1. The van der Waals surface area contributed by atoms with Crippen molar-refractivity contribution < 1.29 is 30.0 Å². The lowest BCUT2D eigenvalue weighted by molar-refractivity contribution is 0.0682. The van der Waals surface area contributed by atoms with Crippen LogP contribution in [0.15, 0.2) is 48.5 Å². The maximum atomic E-state index is 10.3. The summed E-state index contributed by atoms with van der Waals surface area (Å²) in [5.74, 6) is -2.62. The van der Waals surface area contributed by atoms with E-state index in [2.05, 4.69) is 0 Å². The first-order valence-corrected chi connectivity index (χ1v) is 5.46. The lowest BCUT2D eigenvalue weighted by Crippen LogP contribution is -1.95. The van der Waals surface area contributed by atoms with Crippen molar-refractivity contribution in [1.82, 2.24) is 0 Å². The Morgan fingerprint density at radius 1 is 0.667 bits per heavy atom. The predicted octanol–water partition coefficient (Wildman–Crippen LogP) is 2.60. The van der Waals surface area contributed by atoms with Crippen LogP contribution in [0.3, 0.4) is 0 Å². The molecule has 0 heterocycles. The minimum absolute atomic E-state index is 0. The lowest BCUT2D eigenvalue weighted by Gasteiger charge is -1.95. The second-order valence-electron chi connectivity index (χ2n) is 3.64. The van der Waals surface area contributed by atoms with Gasteiger partial charge in [0.2, 0.25) is 0 Å². The highest BCUT2D eigenvalue weighted by Crippen LogP contribution is 2.15. The van der Waals surface area contributed by atoms with Gasteiger partial charge >= 0.3 is 11.9 Å². The molecule has 0 bridgehead atoms. The van der Waals surface area contributed by atoms with Crippen LogP contribution in [0.2, 0.25) is 0 Å². The molecule has 0 saturated heterocycles. The monoisotopic (exact) mass is 312 g/mol. The van der Waals surface area contributed by atoms with Gasteiger partial charge in [0, 0.05) is 0 Å². The summed E-state index contributed by atoms with van der Waals surface area (Å²) >= 11 is 0. The van der Waals surface area contributed by atoms with Crippen molar-refractivity contribution in [1.29, 1.82) is 0 Å². The highest BCUT2D eigenvalue weighted by Gasteiger charge is 2.06. The van der Waals surface area contributed by atoms with Crippen LogP contribution in [-0.2, 0) is 0 Å². The van der Waals surface area contributed by atoms with Gasteiger partial charge in [-0.2, -0.15) is 0 Å². The van der Waals surface area contributed by atoms with Crippen LogP contribution >= 0.6 is 12.4 Å². The van der Waals surface area contributed by atoms with Crippen LogP contribution < -0.4 is 0 Å². The van der Waals surface area contributed by atoms with E-state index in [0.717, 1.165) is 0 Å². The Bertz CT molecular complexity index is 571. The minimum Gasteiger partial charge on any atom is -0.507 e. The number of phenols is 2. The molecule has 0 atom stereocenters. The van der Waals surface area contributed by atoms with Crippen molar-refractivity contribution in [3.8, 4) is 11.5 Å². The Balaban J connectivity index is 0.000000364. The van der Waals surface area contributed by atoms with E-state index in [1.165, 1.54) is 24.3 Å². The quantitative estimate of drug-likeness (QED) is 0.677. The van der Waals surface area contributed by atoms with E-state index in [9.17, 15) is 9.59 Å². The van der Waals surface area contributed by atoms with Crippen LogP contribution in [0, 0.1) is 0 Å². The van der Waals surface area contributed by atoms with E-state index in [4.69, 9.17) is 20.4 Å². The standard InChI is InChI=1S/2C7H6O3.ClH/c2*8-6-4-2-1-3-5(6)7(9)10;/h2*1-4,8H,(H,9,10);1H. The summed E-state index contributed by atoms with van der Waals surface area (Å²) in [6, 6.07) is 11.6. The molecule has 2 aromatic carbocycles. The van der Waals surface area contributed by atoms with Crippen molar-refractivity contribution in [3.05, 3.63) is 59.7 Å². The molecule has 0 aliphatic rings. The van der Waals surface area contributed by atoms with E-state index in [-0.39, 0.29) is 35.0 Å². The zero-order valence-electron chi connectivity index (χ0n) is 10.6. The normalized spacial score (nSPS) is 8.76. The minimum atomic E-state index is -1.11. The van der Waals surface area contributed by atoms with Gasteiger partial charge in [0.05, 0.1) is 0 Å². The van der Waals surface area contributed by atoms with Crippen molar-refractivity contribution in [2.45, 2.75) is 0 Å². The first-order valence-electron chi connectivity index (χ1n) is 5.46. The number of aromatic carboxylic acids is 2. The van der Waals surface area contributed by atoms with E-state index >= 15 is 0 Å². The molecule has 0 radical (unpaired) electrons. The molecule has 0 amide bonds. The number of benzene rings is 2. The first-order chi connectivity index (χ1) is 9.43. The van der Waals surface area contributed by atoms with Gasteiger partial charge in [-0.05, 0) is 24.3 Å². The van der Waals surface area contributed by atoms with Crippen molar-refractivity contribution >= 4 is 24.3 Å². The number of aromatic hydroxyl groups is 2. The van der Waals surface area contributed by atoms with Gasteiger partial charge in [0.15, 0.2) is 0 Å². The molecule has 0 aromatic heterocycles. The summed E-state index contributed by atoms with van der Waals surface area (Å²) in [5, 5.41) is 34.6. The van der Waals surface area contributed by atoms with Crippen molar-refractivity contribution in [2.75, 3.05) is 0 Å². The summed E-state index contributed by atoms with van der Waals surface area (Å²) in [6.07, 6.45) is 0. The maximum Gasteiger partial charge on any atom is 0.339 e. The fourth-order valence-electron chi connectivity index (χ4n) is 1.31. The van der Waals surface area contributed by atoms with Crippen LogP contribution in [0.5, 0.6) is 11.5 Å². The molecule has 2 aromatic rings. The van der Waals surface area contributed by atoms with Gasteiger partial charge in [-0.15, -0.1) is 12.4 Å². The molecule has 0 fully saturated rings. The van der Waals surface area contributed by atoms with E-state index in [1.54, 1.807) is 24.3 Å². The lowest BCUT2D eigenvalue weighted by atomic mass is 10.2. The van der Waals surface area contributed by atoms with Crippen LogP contribution in [0.4, 0.5) is 0 Å². The number of rotatable bonds is 2. The highest BCUT2D eigenvalue weighted by atomic mass is 35.5. The number of hydrogen-bond donors (Lipinski definition) is 4. The molecule has 2 rings (SSSR count). The number of para-hydroxylation sites is 2. The topological polar surface area (TPSA) is 115 Å². The third-order valence-corrected chi connectivity index (χ3v) is 2.27. The fraction of sp³-hybridized carbons (Fsp3) is 0. The molecular formula is C14H13ClO6. The molecular weight excluding hydrogens is 300 g/mol. The molecule has 0 unspecified atom stereocenters. The zero-order valence-corrected chi connectivity index (χ0v) is 11.4. The Hall–Kier alpha value is -2.73. The highest BCUT2D eigenvalue weighted by molar-refractivity contribution is 5.91. The van der Waals surface area contributed by atoms with Crippen molar-refractivity contribution in [3.63, 3.8) is 0 Å². The second-order valence-corrected chi connectivity index (χ2v) is 3.64. The summed E-state index contributed by atoms with van der Waals surface area (Å²) in [5.41, 5.74) is -0.134. The third kappa shape index (κ3) is 5.42. The molecule has 4 N–H and O–H groups in total. The molecule has 112 valence electrons. The van der Waals surface area contributed by atoms with Crippen LogP contribution in [0.25, 0.3) is 0 Å². The molecule has 21 heavy (non-hydrogen) atoms. The average molecular weight is 313 g/mol. The molecule has 7 heteroatoms. The van der Waals surface area contributed by atoms with Gasteiger partial charge in [-0.1, -0.05) is 24.3 Å². The summed E-state index contributed by atoms with van der Waals surface area (Å²) < 4.78 is 0. The molecule has 0 aliphatic carbocycles. The third-order valence-electron chi connectivity index (χ3n) is 2.27. The van der Waals surface area contributed by atoms with E-state index in [1.807, 2.05) is 0 Å². The van der Waals surface area contributed by atoms with Gasteiger partial charge in [-0.3, -0.25) is 0 Å². The second kappa shape index (κ2) is 8.44. The van der Waals surface area contributed by atoms with Crippen LogP contribution in [-0.4, -0.2) is 32.4 Å². The largest absolute Gasteiger partial charge is 0.507 e. The number of carboxylic acid groups (broad SMARTS) is 2. The van der Waals surface area contributed by atoms with E-state index < -0.39 is 11.9 Å². The number of carboxylic acids is 2. The smallest absolute Gasteiger partial charge is 0.339 e. The summed E-state index contributed by atoms with van der Waals surface area (Å²) in [4.78, 5) is 20.5. The fourth-order valence-corrected chi connectivity index (χ4v) is 1.31. The van der Waals surface area contributed by atoms with Gasteiger partial charge in [0.25, 0.3) is 0 Å². The number of carbonyl (C=O) groups is 2. The van der Waals surface area contributed by atoms with Gasteiger partial charge < -0.3 is 20.4 Å². The van der Waals surface area contributed by atoms with Gasteiger partial charge in [-0.25, -0.2) is 9.59 Å². The Morgan fingerprint density at radius 2 is 0.952 bits per heavy atom. The molecule has 0 aliphatic heterocycles.